The van der Waals surface area contributed by atoms with Gasteiger partial charge < -0.3 is 19.5 Å². The zero-order chi connectivity index (χ0) is 12.3. The molecular formula is C13H19NO3. The summed E-state index contributed by atoms with van der Waals surface area (Å²) < 4.78 is 10.4. The first-order chi connectivity index (χ1) is 8.26. The highest BCUT2D eigenvalue weighted by Crippen LogP contribution is 2.32. The normalized spacial score (nSPS) is 15.8. The van der Waals surface area contributed by atoms with Gasteiger partial charge in [-0.05, 0) is 31.0 Å². The lowest BCUT2D eigenvalue weighted by Gasteiger charge is -2.21. The molecule has 0 amide bonds. The molecule has 0 saturated carbocycles. The Morgan fingerprint density at radius 2 is 1.82 bits per heavy atom. The molecule has 1 aromatic rings. The van der Waals surface area contributed by atoms with Crippen molar-refractivity contribution >= 4 is 5.69 Å². The van der Waals surface area contributed by atoms with E-state index in [4.69, 9.17) is 9.47 Å². The summed E-state index contributed by atoms with van der Waals surface area (Å²) in [5, 5.41) is 9.83. The summed E-state index contributed by atoms with van der Waals surface area (Å²) >= 11 is 0. The van der Waals surface area contributed by atoms with Gasteiger partial charge in [-0.3, -0.25) is 0 Å². The van der Waals surface area contributed by atoms with Crippen LogP contribution in [0.4, 0.5) is 5.69 Å². The van der Waals surface area contributed by atoms with Gasteiger partial charge in [-0.1, -0.05) is 0 Å². The number of nitrogens with zero attached hydrogens (tertiary/aromatic N) is 1. The Kier molecular flexibility index (Phi) is 3.86. The van der Waals surface area contributed by atoms with Crippen molar-refractivity contribution in [3.05, 3.63) is 23.8 Å². The van der Waals surface area contributed by atoms with Gasteiger partial charge in [0.2, 0.25) is 0 Å². The van der Waals surface area contributed by atoms with E-state index < -0.39 is 6.29 Å². The van der Waals surface area contributed by atoms with Gasteiger partial charge in [0.25, 0.3) is 0 Å². The third kappa shape index (κ3) is 2.53. The summed E-state index contributed by atoms with van der Waals surface area (Å²) in [5.74, 6) is 0.210. The Hall–Kier alpha value is -1.26. The minimum Gasteiger partial charge on any atom is -0.507 e. The molecule has 1 aliphatic rings. The summed E-state index contributed by atoms with van der Waals surface area (Å²) in [6.07, 6.45) is 1.94. The van der Waals surface area contributed by atoms with Crippen LogP contribution in [-0.2, 0) is 9.47 Å². The van der Waals surface area contributed by atoms with E-state index in [1.54, 1.807) is 20.3 Å². The maximum Gasteiger partial charge on any atom is 0.186 e. The monoisotopic (exact) mass is 237 g/mol. The average Bonchev–Trinajstić information content (AvgIpc) is 2.86. The number of rotatable bonds is 4. The predicted molar refractivity (Wildman–Crippen MR) is 66.3 cm³/mol. The first-order valence-electron chi connectivity index (χ1n) is 5.89. The Labute approximate surface area is 102 Å². The number of benzene rings is 1. The van der Waals surface area contributed by atoms with E-state index in [0.29, 0.717) is 5.56 Å². The SMILES string of the molecule is COC(OC)c1cc(N2CCCC2)ccc1O. The molecule has 0 radical (unpaired) electrons. The molecule has 0 aromatic heterocycles. The Morgan fingerprint density at radius 3 is 2.41 bits per heavy atom. The minimum atomic E-state index is -0.516. The molecule has 94 valence electrons. The molecule has 17 heavy (non-hydrogen) atoms. The van der Waals surface area contributed by atoms with Gasteiger partial charge in [0.15, 0.2) is 6.29 Å². The van der Waals surface area contributed by atoms with Crippen LogP contribution in [0.1, 0.15) is 24.7 Å². The molecule has 0 aliphatic carbocycles. The number of hydrogen-bond acceptors (Lipinski definition) is 4. The van der Waals surface area contributed by atoms with Gasteiger partial charge in [0, 0.05) is 33.0 Å². The molecule has 1 saturated heterocycles. The first kappa shape index (κ1) is 12.2. The molecule has 0 unspecified atom stereocenters. The lowest BCUT2D eigenvalue weighted by atomic mass is 10.1. The van der Waals surface area contributed by atoms with Crippen LogP contribution in [0.5, 0.6) is 5.75 Å². The fourth-order valence-electron chi connectivity index (χ4n) is 2.25. The number of ether oxygens (including phenoxy) is 2. The van der Waals surface area contributed by atoms with Crippen LogP contribution >= 0.6 is 0 Å². The van der Waals surface area contributed by atoms with Crippen LogP contribution < -0.4 is 4.90 Å². The molecule has 1 heterocycles. The Balaban J connectivity index is 2.27. The zero-order valence-corrected chi connectivity index (χ0v) is 10.3. The van der Waals surface area contributed by atoms with Crippen molar-refractivity contribution in [1.82, 2.24) is 0 Å². The van der Waals surface area contributed by atoms with Crippen molar-refractivity contribution < 1.29 is 14.6 Å². The second-order valence-electron chi connectivity index (χ2n) is 4.24. The fourth-order valence-corrected chi connectivity index (χ4v) is 2.25. The van der Waals surface area contributed by atoms with Crippen molar-refractivity contribution in [2.45, 2.75) is 19.1 Å². The molecule has 4 nitrogen and oxygen atoms in total. The molecule has 4 heteroatoms. The molecule has 2 rings (SSSR count). The van der Waals surface area contributed by atoms with Crippen LogP contribution in [-0.4, -0.2) is 32.4 Å². The van der Waals surface area contributed by atoms with Crippen molar-refractivity contribution in [3.8, 4) is 5.75 Å². The van der Waals surface area contributed by atoms with Gasteiger partial charge in [-0.15, -0.1) is 0 Å². The lowest BCUT2D eigenvalue weighted by molar-refractivity contribution is -0.106. The number of aromatic hydroxyl groups is 1. The fraction of sp³-hybridized carbons (Fsp3) is 0.538. The lowest BCUT2D eigenvalue weighted by Crippen LogP contribution is -2.18. The van der Waals surface area contributed by atoms with Crippen LogP contribution in [0.3, 0.4) is 0 Å². The molecule has 1 aliphatic heterocycles. The molecule has 1 aromatic carbocycles. The smallest absolute Gasteiger partial charge is 0.186 e. The first-order valence-corrected chi connectivity index (χ1v) is 5.89. The summed E-state index contributed by atoms with van der Waals surface area (Å²) in [7, 11) is 3.13. The summed E-state index contributed by atoms with van der Waals surface area (Å²) in [6, 6.07) is 5.58. The second kappa shape index (κ2) is 5.38. The van der Waals surface area contributed by atoms with E-state index in [0.717, 1.165) is 18.8 Å². The van der Waals surface area contributed by atoms with Gasteiger partial charge >= 0.3 is 0 Å². The van der Waals surface area contributed by atoms with Crippen LogP contribution in [0.15, 0.2) is 18.2 Å². The highest BCUT2D eigenvalue weighted by molar-refractivity contribution is 5.53. The summed E-state index contributed by atoms with van der Waals surface area (Å²) in [6.45, 7) is 2.16. The van der Waals surface area contributed by atoms with Gasteiger partial charge in [-0.2, -0.15) is 0 Å². The van der Waals surface area contributed by atoms with E-state index in [1.165, 1.54) is 12.8 Å². The third-order valence-electron chi connectivity index (χ3n) is 3.16. The highest BCUT2D eigenvalue weighted by atomic mass is 16.7. The van der Waals surface area contributed by atoms with Crippen LogP contribution in [0, 0.1) is 0 Å². The number of anilines is 1. The number of hydrogen-bond donors (Lipinski definition) is 1. The minimum absolute atomic E-state index is 0.210. The van der Waals surface area contributed by atoms with Gasteiger partial charge in [0.05, 0.1) is 5.56 Å². The molecule has 1 N–H and O–H groups in total. The van der Waals surface area contributed by atoms with E-state index in [9.17, 15) is 5.11 Å². The predicted octanol–water partition coefficient (Wildman–Crippen LogP) is 2.28. The molecular weight excluding hydrogens is 218 g/mol. The van der Waals surface area contributed by atoms with Gasteiger partial charge in [0.1, 0.15) is 5.75 Å². The number of phenols is 1. The maximum atomic E-state index is 9.83. The van der Waals surface area contributed by atoms with Crippen molar-refractivity contribution in [2.75, 3.05) is 32.2 Å². The topological polar surface area (TPSA) is 41.9 Å². The standard InChI is InChI=1S/C13H19NO3/c1-16-13(17-2)11-9-10(5-6-12(11)15)14-7-3-4-8-14/h5-6,9,13,15H,3-4,7-8H2,1-2H3. The van der Waals surface area contributed by atoms with Crippen molar-refractivity contribution in [2.24, 2.45) is 0 Å². The summed E-state index contributed by atoms with van der Waals surface area (Å²) in [4.78, 5) is 2.31. The Bertz CT molecular complexity index is 371. The van der Waals surface area contributed by atoms with Crippen molar-refractivity contribution in [1.29, 1.82) is 0 Å². The van der Waals surface area contributed by atoms with E-state index in [1.807, 2.05) is 12.1 Å². The maximum absolute atomic E-state index is 9.83. The summed E-state index contributed by atoms with van der Waals surface area (Å²) in [5.41, 5.74) is 1.80. The van der Waals surface area contributed by atoms with E-state index in [-0.39, 0.29) is 5.75 Å². The average molecular weight is 237 g/mol. The molecule has 1 fully saturated rings. The van der Waals surface area contributed by atoms with Crippen LogP contribution in [0.25, 0.3) is 0 Å². The highest BCUT2D eigenvalue weighted by Gasteiger charge is 2.18. The zero-order valence-electron chi connectivity index (χ0n) is 10.3. The largest absolute Gasteiger partial charge is 0.507 e. The van der Waals surface area contributed by atoms with E-state index >= 15 is 0 Å². The van der Waals surface area contributed by atoms with Crippen molar-refractivity contribution in [3.63, 3.8) is 0 Å². The molecule has 0 spiro atoms. The third-order valence-corrected chi connectivity index (χ3v) is 3.16. The number of methoxy groups -OCH3 is 2. The molecule has 0 atom stereocenters. The second-order valence-corrected chi connectivity index (χ2v) is 4.24. The van der Waals surface area contributed by atoms with Crippen LogP contribution in [0.2, 0.25) is 0 Å². The number of phenolic OH excluding ortho intramolecular Hbond substituents is 1. The Morgan fingerprint density at radius 1 is 1.18 bits per heavy atom. The van der Waals surface area contributed by atoms with E-state index in [2.05, 4.69) is 4.90 Å². The quantitative estimate of drug-likeness (QED) is 0.816. The molecule has 0 bridgehead atoms. The van der Waals surface area contributed by atoms with Gasteiger partial charge in [-0.25, -0.2) is 0 Å².